The van der Waals surface area contributed by atoms with Crippen molar-refractivity contribution >= 4 is 40.9 Å². The van der Waals surface area contributed by atoms with E-state index >= 15 is 0 Å². The fourth-order valence-corrected chi connectivity index (χ4v) is 4.01. The lowest BCUT2D eigenvalue weighted by atomic mass is 10.2. The van der Waals surface area contributed by atoms with Crippen LogP contribution in [0.15, 0.2) is 42.5 Å². The third-order valence-electron chi connectivity index (χ3n) is 4.51. The van der Waals surface area contributed by atoms with Crippen molar-refractivity contribution in [2.45, 2.75) is 11.7 Å². The number of rotatable bonds is 6. The van der Waals surface area contributed by atoms with Crippen LogP contribution in [-0.2, 0) is 14.4 Å². The van der Waals surface area contributed by atoms with Crippen LogP contribution in [-0.4, -0.2) is 42.6 Å². The van der Waals surface area contributed by atoms with Crippen LogP contribution in [0.1, 0.15) is 6.42 Å². The summed E-state index contributed by atoms with van der Waals surface area (Å²) in [5, 5.41) is 2.16. The predicted molar refractivity (Wildman–Crippen MR) is 108 cm³/mol. The van der Waals surface area contributed by atoms with E-state index in [0.717, 1.165) is 16.7 Å². The fourth-order valence-electron chi connectivity index (χ4n) is 3.08. The van der Waals surface area contributed by atoms with Gasteiger partial charge in [0.2, 0.25) is 24.5 Å². The SMILES string of the molecule is COc1ccc(NC(=O)CSC2CC(=O)N(c3ccc4c(c3)OCO4)C2=O)cc1. The first-order valence-electron chi connectivity index (χ1n) is 8.87. The number of hydrogen-bond acceptors (Lipinski definition) is 7. The molecule has 2 aromatic rings. The molecule has 29 heavy (non-hydrogen) atoms. The van der Waals surface area contributed by atoms with E-state index in [1.807, 2.05) is 0 Å². The summed E-state index contributed by atoms with van der Waals surface area (Å²) in [6.07, 6.45) is 0.0494. The molecular weight excluding hydrogens is 396 g/mol. The summed E-state index contributed by atoms with van der Waals surface area (Å²) < 4.78 is 15.6. The Bertz CT molecular complexity index is 962. The van der Waals surface area contributed by atoms with Crippen LogP contribution in [0.2, 0.25) is 0 Å². The van der Waals surface area contributed by atoms with Crippen LogP contribution >= 0.6 is 11.8 Å². The summed E-state index contributed by atoms with van der Waals surface area (Å²) in [7, 11) is 1.57. The number of nitrogens with one attached hydrogen (secondary N) is 1. The highest BCUT2D eigenvalue weighted by molar-refractivity contribution is 8.01. The summed E-state index contributed by atoms with van der Waals surface area (Å²) >= 11 is 1.15. The molecule has 2 heterocycles. The molecule has 2 aliphatic rings. The minimum Gasteiger partial charge on any atom is -0.497 e. The Hall–Kier alpha value is -3.20. The highest BCUT2D eigenvalue weighted by atomic mass is 32.2. The lowest BCUT2D eigenvalue weighted by Gasteiger charge is -2.15. The second-order valence-electron chi connectivity index (χ2n) is 6.39. The Labute approximate surface area is 171 Å². The number of anilines is 2. The highest BCUT2D eigenvalue weighted by Crippen LogP contribution is 2.38. The Morgan fingerprint density at radius 1 is 1.17 bits per heavy atom. The summed E-state index contributed by atoms with van der Waals surface area (Å²) in [4.78, 5) is 38.5. The van der Waals surface area contributed by atoms with Gasteiger partial charge in [-0.05, 0) is 36.4 Å². The molecule has 150 valence electrons. The number of imide groups is 1. The molecule has 3 amide bonds. The average Bonchev–Trinajstić information content (AvgIpc) is 3.30. The second-order valence-corrected chi connectivity index (χ2v) is 7.58. The quantitative estimate of drug-likeness (QED) is 0.726. The van der Waals surface area contributed by atoms with Gasteiger partial charge in [-0.25, -0.2) is 4.90 Å². The molecule has 1 N–H and O–H groups in total. The maximum absolute atomic E-state index is 12.7. The second kappa shape index (κ2) is 8.04. The third-order valence-corrected chi connectivity index (χ3v) is 5.71. The van der Waals surface area contributed by atoms with Crippen LogP contribution in [0.4, 0.5) is 11.4 Å². The smallest absolute Gasteiger partial charge is 0.247 e. The molecule has 1 saturated heterocycles. The first-order valence-corrected chi connectivity index (χ1v) is 9.92. The minimum atomic E-state index is -0.602. The highest BCUT2D eigenvalue weighted by Gasteiger charge is 2.40. The number of ether oxygens (including phenoxy) is 3. The zero-order chi connectivity index (χ0) is 20.4. The van der Waals surface area contributed by atoms with Crippen molar-refractivity contribution in [3.05, 3.63) is 42.5 Å². The number of fused-ring (bicyclic) bond motifs is 1. The van der Waals surface area contributed by atoms with Gasteiger partial charge in [-0.2, -0.15) is 0 Å². The molecule has 0 saturated carbocycles. The zero-order valence-corrected chi connectivity index (χ0v) is 16.4. The van der Waals surface area contributed by atoms with Gasteiger partial charge in [0, 0.05) is 18.2 Å². The molecule has 1 atom stereocenters. The van der Waals surface area contributed by atoms with Crippen LogP contribution in [0.25, 0.3) is 0 Å². The molecule has 1 unspecified atom stereocenters. The summed E-state index contributed by atoms with van der Waals surface area (Å²) in [5.41, 5.74) is 1.07. The van der Waals surface area contributed by atoms with Crippen molar-refractivity contribution in [1.29, 1.82) is 0 Å². The molecule has 4 rings (SSSR count). The van der Waals surface area contributed by atoms with E-state index in [1.54, 1.807) is 49.6 Å². The van der Waals surface area contributed by atoms with Gasteiger partial charge < -0.3 is 19.5 Å². The molecule has 9 heteroatoms. The van der Waals surface area contributed by atoms with Crippen molar-refractivity contribution in [3.63, 3.8) is 0 Å². The van der Waals surface area contributed by atoms with E-state index in [1.165, 1.54) is 0 Å². The molecule has 8 nitrogen and oxygen atoms in total. The molecular formula is C20H18N2O6S. The first-order chi connectivity index (χ1) is 14.0. The largest absolute Gasteiger partial charge is 0.497 e. The number of thioether (sulfide) groups is 1. The van der Waals surface area contributed by atoms with Crippen LogP contribution < -0.4 is 24.4 Å². The van der Waals surface area contributed by atoms with E-state index in [2.05, 4.69) is 5.32 Å². The maximum Gasteiger partial charge on any atom is 0.247 e. The molecule has 0 aliphatic carbocycles. The van der Waals surface area contributed by atoms with Crippen molar-refractivity contribution in [1.82, 2.24) is 0 Å². The van der Waals surface area contributed by atoms with Crippen LogP contribution in [0, 0.1) is 0 Å². The lowest BCUT2D eigenvalue weighted by molar-refractivity contribution is -0.121. The Balaban J connectivity index is 1.35. The van der Waals surface area contributed by atoms with Crippen molar-refractivity contribution < 1.29 is 28.6 Å². The van der Waals surface area contributed by atoms with Crippen molar-refractivity contribution in [3.8, 4) is 17.2 Å². The van der Waals surface area contributed by atoms with E-state index in [0.29, 0.717) is 28.6 Å². The molecule has 0 spiro atoms. The Morgan fingerprint density at radius 2 is 1.93 bits per heavy atom. The number of carbonyl (C=O) groups is 3. The van der Waals surface area contributed by atoms with E-state index < -0.39 is 5.25 Å². The van der Waals surface area contributed by atoms with Gasteiger partial charge in [0.15, 0.2) is 11.5 Å². The van der Waals surface area contributed by atoms with Gasteiger partial charge in [0.05, 0.1) is 23.8 Å². The molecule has 2 aromatic carbocycles. The zero-order valence-electron chi connectivity index (χ0n) is 15.5. The topological polar surface area (TPSA) is 94.2 Å². The van der Waals surface area contributed by atoms with Gasteiger partial charge >= 0.3 is 0 Å². The number of nitrogens with zero attached hydrogens (tertiary/aromatic N) is 1. The maximum atomic E-state index is 12.7. The van der Waals surface area contributed by atoms with Crippen LogP contribution in [0.5, 0.6) is 17.2 Å². The monoisotopic (exact) mass is 414 g/mol. The third kappa shape index (κ3) is 4.00. The number of amides is 3. The van der Waals surface area contributed by atoms with E-state index in [9.17, 15) is 14.4 Å². The van der Waals surface area contributed by atoms with Crippen molar-refractivity contribution in [2.24, 2.45) is 0 Å². The van der Waals surface area contributed by atoms with Gasteiger partial charge in [-0.1, -0.05) is 0 Å². The number of hydrogen-bond donors (Lipinski definition) is 1. The van der Waals surface area contributed by atoms with Crippen molar-refractivity contribution in [2.75, 3.05) is 29.9 Å². The molecule has 0 aromatic heterocycles. The minimum absolute atomic E-state index is 0.0494. The number of methoxy groups -OCH3 is 1. The van der Waals surface area contributed by atoms with Gasteiger partial charge in [0.25, 0.3) is 0 Å². The summed E-state index contributed by atoms with van der Waals surface area (Å²) in [6, 6.07) is 11.9. The molecule has 0 bridgehead atoms. The van der Waals surface area contributed by atoms with Gasteiger partial charge in [-0.3, -0.25) is 14.4 Å². The number of carbonyl (C=O) groups excluding carboxylic acids is 3. The van der Waals surface area contributed by atoms with Crippen LogP contribution in [0.3, 0.4) is 0 Å². The standard InChI is InChI=1S/C20H18N2O6S/c1-26-14-5-2-12(3-6-14)21-18(23)10-29-17-9-19(24)22(20(17)25)13-4-7-15-16(8-13)28-11-27-15/h2-8,17H,9-11H2,1H3,(H,21,23). The Morgan fingerprint density at radius 3 is 2.69 bits per heavy atom. The lowest BCUT2D eigenvalue weighted by Crippen LogP contribution is -2.31. The Kier molecular flexibility index (Phi) is 5.30. The van der Waals surface area contributed by atoms with Gasteiger partial charge in [-0.15, -0.1) is 11.8 Å². The molecule has 2 aliphatic heterocycles. The summed E-state index contributed by atoms with van der Waals surface area (Å²) in [6.45, 7) is 0.114. The van der Waals surface area contributed by atoms with E-state index in [4.69, 9.17) is 14.2 Å². The molecule has 0 radical (unpaired) electrons. The molecule has 1 fully saturated rings. The summed E-state index contributed by atoms with van der Waals surface area (Å²) in [5.74, 6) is 0.938. The fraction of sp³-hybridized carbons (Fsp3) is 0.250. The first kappa shape index (κ1) is 19.1. The predicted octanol–water partition coefficient (Wildman–Crippen LogP) is 2.43. The average molecular weight is 414 g/mol. The number of benzene rings is 2. The normalized spacial score (nSPS) is 17.6. The van der Waals surface area contributed by atoms with E-state index in [-0.39, 0.29) is 36.7 Å². The van der Waals surface area contributed by atoms with Gasteiger partial charge in [0.1, 0.15) is 5.75 Å².